The van der Waals surface area contributed by atoms with Gasteiger partial charge in [0.05, 0.1) is 26.9 Å². The van der Waals surface area contributed by atoms with Crippen LogP contribution in [0.1, 0.15) is 56.3 Å². The molecule has 41 heavy (non-hydrogen) atoms. The van der Waals surface area contributed by atoms with E-state index in [9.17, 15) is 9.90 Å². The first-order valence-corrected chi connectivity index (χ1v) is 15.0. The highest BCUT2D eigenvalue weighted by molar-refractivity contribution is 7.22. The average molecular weight is 589 g/mol. The van der Waals surface area contributed by atoms with Gasteiger partial charge in [-0.3, -0.25) is 0 Å². The Hall–Kier alpha value is -3.30. The van der Waals surface area contributed by atoms with E-state index >= 15 is 0 Å². The average Bonchev–Trinajstić information content (AvgIpc) is 3.64. The molecule has 0 amide bonds. The van der Waals surface area contributed by atoms with Gasteiger partial charge in [0.25, 0.3) is 0 Å². The number of halogens is 1. The monoisotopic (exact) mass is 588 g/mol. The van der Waals surface area contributed by atoms with Gasteiger partial charge in [0.1, 0.15) is 10.8 Å². The Labute approximate surface area is 248 Å². The third-order valence-corrected chi connectivity index (χ3v) is 8.92. The van der Waals surface area contributed by atoms with Crippen LogP contribution in [0.4, 0.5) is 0 Å². The Bertz CT molecular complexity index is 1780. The lowest BCUT2D eigenvalue weighted by Crippen LogP contribution is -2.28. The second kappa shape index (κ2) is 10.5. The number of carboxylic acid groups (broad SMARTS) is 1. The molecule has 9 heteroatoms. The summed E-state index contributed by atoms with van der Waals surface area (Å²) < 4.78 is 9.40. The summed E-state index contributed by atoms with van der Waals surface area (Å²) >= 11 is 7.81. The summed E-state index contributed by atoms with van der Waals surface area (Å²) in [6, 6.07) is 16.2. The molecule has 1 fully saturated rings. The highest BCUT2D eigenvalue weighted by Crippen LogP contribution is 2.44. The molecule has 3 aromatic carbocycles. The molecule has 2 aromatic heterocycles. The summed E-state index contributed by atoms with van der Waals surface area (Å²) in [5, 5.41) is 15.3. The van der Waals surface area contributed by atoms with Crippen LogP contribution < -0.4 is 5.32 Å². The third-order valence-electron chi connectivity index (χ3n) is 7.53. The van der Waals surface area contributed by atoms with E-state index in [4.69, 9.17) is 26.3 Å². The molecule has 0 saturated carbocycles. The number of imidazole rings is 1. The molecule has 3 heterocycles. The van der Waals surface area contributed by atoms with Crippen LogP contribution >= 0.6 is 22.9 Å². The zero-order valence-corrected chi connectivity index (χ0v) is 25.4. The summed E-state index contributed by atoms with van der Waals surface area (Å²) in [5.74, 6) is -0.0168. The lowest BCUT2D eigenvalue weighted by Gasteiger charge is -2.28. The van der Waals surface area contributed by atoms with E-state index in [0.717, 1.165) is 73.8 Å². The SMILES string of the molecule is Cc1cc2nc(-c3ccc4nc(C)n([C@H]5CCNC5)c4c3)sc2c(-c2ccc(Cl)cc2)c1[C@H](OC(C)(C)C)C(=O)O. The maximum atomic E-state index is 12.6. The Morgan fingerprint density at radius 2 is 1.83 bits per heavy atom. The van der Waals surface area contributed by atoms with Gasteiger partial charge >= 0.3 is 5.97 Å². The van der Waals surface area contributed by atoms with Gasteiger partial charge in [-0.15, -0.1) is 11.3 Å². The van der Waals surface area contributed by atoms with Crippen molar-refractivity contribution in [3.05, 3.63) is 70.5 Å². The summed E-state index contributed by atoms with van der Waals surface area (Å²) in [4.78, 5) is 22.5. The number of rotatable bonds is 6. The number of ether oxygens (including phenoxy) is 1. The van der Waals surface area contributed by atoms with Crippen LogP contribution in [-0.2, 0) is 9.53 Å². The minimum Gasteiger partial charge on any atom is -0.479 e. The fraction of sp³-hybridized carbons (Fsp3) is 0.344. The van der Waals surface area contributed by atoms with Crippen molar-refractivity contribution in [2.24, 2.45) is 0 Å². The number of fused-ring (bicyclic) bond motifs is 2. The Balaban J connectivity index is 1.57. The van der Waals surface area contributed by atoms with Gasteiger partial charge in [-0.05, 0) is 95.1 Å². The van der Waals surface area contributed by atoms with Gasteiger partial charge in [-0.25, -0.2) is 14.8 Å². The van der Waals surface area contributed by atoms with E-state index in [1.807, 2.05) is 58.0 Å². The number of thiazole rings is 1. The number of hydrogen-bond donors (Lipinski definition) is 2. The second-order valence-corrected chi connectivity index (χ2v) is 13.1. The number of aromatic nitrogens is 3. The van der Waals surface area contributed by atoms with Gasteiger partial charge in [-0.2, -0.15) is 0 Å². The largest absolute Gasteiger partial charge is 0.479 e. The molecule has 1 saturated heterocycles. The van der Waals surface area contributed by atoms with Crippen LogP contribution in [0, 0.1) is 13.8 Å². The molecule has 1 aliphatic rings. The molecule has 2 atom stereocenters. The van der Waals surface area contributed by atoms with Gasteiger partial charge in [0, 0.05) is 34.3 Å². The van der Waals surface area contributed by atoms with Crippen LogP contribution in [0.2, 0.25) is 5.02 Å². The predicted octanol–water partition coefficient (Wildman–Crippen LogP) is 7.73. The van der Waals surface area contributed by atoms with Crippen molar-refractivity contribution in [1.29, 1.82) is 0 Å². The molecule has 0 aliphatic carbocycles. The van der Waals surface area contributed by atoms with E-state index in [1.54, 1.807) is 11.3 Å². The Morgan fingerprint density at radius 3 is 2.49 bits per heavy atom. The molecule has 2 N–H and O–H groups in total. The van der Waals surface area contributed by atoms with Crippen molar-refractivity contribution in [2.45, 2.75) is 58.8 Å². The molecule has 0 unspecified atom stereocenters. The molecule has 5 aromatic rings. The minimum absolute atomic E-state index is 0.378. The predicted molar refractivity (Wildman–Crippen MR) is 166 cm³/mol. The van der Waals surface area contributed by atoms with E-state index in [0.29, 0.717) is 16.6 Å². The third kappa shape index (κ3) is 5.26. The smallest absolute Gasteiger partial charge is 0.337 e. The summed E-state index contributed by atoms with van der Waals surface area (Å²) in [5.41, 5.74) is 6.38. The Morgan fingerprint density at radius 1 is 1.10 bits per heavy atom. The van der Waals surface area contributed by atoms with Gasteiger partial charge in [-0.1, -0.05) is 23.7 Å². The minimum atomic E-state index is -1.15. The molecular weight excluding hydrogens is 556 g/mol. The maximum absolute atomic E-state index is 12.6. The second-order valence-electron chi connectivity index (χ2n) is 11.7. The highest BCUT2D eigenvalue weighted by Gasteiger charge is 2.32. The first-order chi connectivity index (χ1) is 19.5. The molecule has 1 aliphatic heterocycles. The fourth-order valence-electron chi connectivity index (χ4n) is 5.83. The van der Waals surface area contributed by atoms with Crippen molar-refractivity contribution in [2.75, 3.05) is 13.1 Å². The number of aliphatic carboxylic acids is 1. The van der Waals surface area contributed by atoms with Crippen LogP contribution in [0.3, 0.4) is 0 Å². The van der Waals surface area contributed by atoms with Gasteiger partial charge in [0.2, 0.25) is 0 Å². The molecular formula is C32H33ClN4O3S. The first kappa shape index (κ1) is 27.8. The normalized spacial score (nSPS) is 16.6. The number of nitrogens with one attached hydrogen (secondary N) is 1. The molecule has 0 radical (unpaired) electrons. The first-order valence-electron chi connectivity index (χ1n) is 13.8. The van der Waals surface area contributed by atoms with E-state index in [2.05, 4.69) is 35.0 Å². The molecule has 0 spiro atoms. The van der Waals surface area contributed by atoms with Crippen LogP contribution in [0.5, 0.6) is 0 Å². The summed E-state index contributed by atoms with van der Waals surface area (Å²) in [7, 11) is 0. The summed E-state index contributed by atoms with van der Waals surface area (Å²) in [6.07, 6.45) is -0.0738. The highest BCUT2D eigenvalue weighted by atomic mass is 35.5. The van der Waals surface area contributed by atoms with E-state index in [1.165, 1.54) is 0 Å². The Kier molecular flexibility index (Phi) is 7.14. The van der Waals surface area contributed by atoms with E-state index in [-0.39, 0.29) is 0 Å². The van der Waals surface area contributed by atoms with Crippen LogP contribution in [0.15, 0.2) is 48.5 Å². The molecule has 7 nitrogen and oxygen atoms in total. The number of nitrogens with zero attached hydrogens (tertiary/aromatic N) is 3. The zero-order chi connectivity index (χ0) is 29.1. The van der Waals surface area contributed by atoms with Crippen molar-refractivity contribution >= 4 is 50.2 Å². The van der Waals surface area contributed by atoms with Gasteiger partial charge in [0.15, 0.2) is 6.10 Å². The maximum Gasteiger partial charge on any atom is 0.337 e. The number of aryl methyl sites for hydroxylation is 2. The number of carboxylic acids is 1. The van der Waals surface area contributed by atoms with Crippen LogP contribution in [-0.4, -0.2) is 44.3 Å². The van der Waals surface area contributed by atoms with Crippen molar-refractivity contribution in [1.82, 2.24) is 19.9 Å². The summed E-state index contributed by atoms with van der Waals surface area (Å²) in [6.45, 7) is 11.5. The van der Waals surface area contributed by atoms with Crippen LogP contribution in [0.25, 0.3) is 42.9 Å². The van der Waals surface area contributed by atoms with Crippen molar-refractivity contribution in [3.63, 3.8) is 0 Å². The quantitative estimate of drug-likeness (QED) is 0.211. The topological polar surface area (TPSA) is 89.3 Å². The lowest BCUT2D eigenvalue weighted by atomic mass is 9.91. The zero-order valence-electron chi connectivity index (χ0n) is 23.8. The number of hydrogen-bond acceptors (Lipinski definition) is 6. The van der Waals surface area contributed by atoms with E-state index < -0.39 is 17.7 Å². The standard InChI is InChI=1S/C32H33ClN4O3S/c1-17-14-24-29(27(19-6-9-21(33)10-7-19)26(17)28(31(38)39)40-32(3,4)5)41-30(36-24)20-8-11-23-25(15-20)37(18(2)35-23)22-12-13-34-16-22/h6-11,14-15,22,28,34H,12-13,16H2,1-5H3,(H,38,39)/t22-,28-/m0/s1. The lowest BCUT2D eigenvalue weighted by molar-refractivity contribution is -0.160. The molecule has 6 rings (SSSR count). The van der Waals surface area contributed by atoms with Crippen molar-refractivity contribution in [3.8, 4) is 21.7 Å². The number of benzene rings is 3. The van der Waals surface area contributed by atoms with Gasteiger partial charge < -0.3 is 19.7 Å². The molecule has 212 valence electrons. The number of carbonyl (C=O) groups is 1. The fourth-order valence-corrected chi connectivity index (χ4v) is 7.08. The molecule has 0 bridgehead atoms. The van der Waals surface area contributed by atoms with Crippen molar-refractivity contribution < 1.29 is 14.6 Å².